The van der Waals surface area contributed by atoms with Crippen molar-refractivity contribution >= 4 is 17.9 Å². The zero-order valence-corrected chi connectivity index (χ0v) is 15.0. The van der Waals surface area contributed by atoms with Gasteiger partial charge in [-0.15, -0.1) is 0 Å². The number of nitrogens with one attached hydrogen (secondary N) is 2. The minimum Gasteiger partial charge on any atom is -0.493 e. The summed E-state index contributed by atoms with van der Waals surface area (Å²) < 4.78 is 11.0. The Morgan fingerprint density at radius 3 is 2.56 bits per heavy atom. The van der Waals surface area contributed by atoms with Crippen LogP contribution in [0.3, 0.4) is 0 Å². The molecule has 0 bridgehead atoms. The summed E-state index contributed by atoms with van der Waals surface area (Å²) in [5, 5.41) is 5.54. The van der Waals surface area contributed by atoms with Crippen molar-refractivity contribution in [2.75, 3.05) is 20.2 Å². The van der Waals surface area contributed by atoms with E-state index in [-0.39, 0.29) is 23.8 Å². The van der Waals surface area contributed by atoms with Crippen molar-refractivity contribution < 1.29 is 19.1 Å². The lowest BCUT2D eigenvalue weighted by atomic mass is 10.2. The molecule has 6 heteroatoms. The number of carbonyl (C=O) groups excluding carboxylic acids is 2. The van der Waals surface area contributed by atoms with Crippen LogP contribution in [0.2, 0.25) is 0 Å². The molecule has 1 saturated carbocycles. The Morgan fingerprint density at radius 1 is 1.20 bits per heavy atom. The van der Waals surface area contributed by atoms with Gasteiger partial charge in [0.2, 0.25) is 11.8 Å². The van der Waals surface area contributed by atoms with Crippen LogP contribution in [0.4, 0.5) is 0 Å². The van der Waals surface area contributed by atoms with Crippen LogP contribution < -0.4 is 20.1 Å². The second-order valence-corrected chi connectivity index (χ2v) is 6.27. The first-order valence-electron chi connectivity index (χ1n) is 8.58. The van der Waals surface area contributed by atoms with Crippen LogP contribution in [0.5, 0.6) is 11.5 Å². The highest BCUT2D eigenvalue weighted by Gasteiger charge is 2.28. The summed E-state index contributed by atoms with van der Waals surface area (Å²) >= 11 is 0. The highest BCUT2D eigenvalue weighted by atomic mass is 16.5. The molecule has 0 spiro atoms. The summed E-state index contributed by atoms with van der Waals surface area (Å²) in [5.41, 5.74) is 0.838. The fourth-order valence-corrected chi connectivity index (χ4v) is 2.23. The molecule has 0 saturated heterocycles. The second kappa shape index (κ2) is 9.11. The molecule has 25 heavy (non-hydrogen) atoms. The smallest absolute Gasteiger partial charge is 0.244 e. The lowest BCUT2D eigenvalue weighted by Gasteiger charge is -2.13. The highest BCUT2D eigenvalue weighted by Crippen LogP contribution is 2.29. The summed E-state index contributed by atoms with van der Waals surface area (Å²) in [6, 6.07) is 5.50. The number of amides is 2. The third-order valence-corrected chi connectivity index (χ3v) is 3.65. The molecule has 136 valence electrons. The second-order valence-electron chi connectivity index (χ2n) is 6.27. The number of hydrogen-bond acceptors (Lipinski definition) is 4. The molecule has 1 aliphatic carbocycles. The van der Waals surface area contributed by atoms with Gasteiger partial charge in [0.15, 0.2) is 11.5 Å². The molecule has 1 fully saturated rings. The molecular formula is C19H26N2O4. The quantitative estimate of drug-likeness (QED) is 0.530. The first-order chi connectivity index (χ1) is 12.0. The van der Waals surface area contributed by atoms with Gasteiger partial charge < -0.3 is 20.1 Å². The van der Waals surface area contributed by atoms with Crippen molar-refractivity contribution in [1.29, 1.82) is 0 Å². The summed E-state index contributed by atoms with van der Waals surface area (Å²) in [6.07, 6.45) is 5.18. The normalized spacial score (nSPS) is 13.8. The maximum absolute atomic E-state index is 11.8. The maximum atomic E-state index is 11.8. The van der Waals surface area contributed by atoms with Gasteiger partial charge in [-0.05, 0) is 50.5 Å². The zero-order chi connectivity index (χ0) is 18.2. The first-order valence-corrected chi connectivity index (χ1v) is 8.58. The zero-order valence-electron chi connectivity index (χ0n) is 15.0. The van der Waals surface area contributed by atoms with Crippen LogP contribution in [-0.4, -0.2) is 38.1 Å². The van der Waals surface area contributed by atoms with E-state index in [1.165, 1.54) is 6.08 Å². The number of benzene rings is 1. The highest BCUT2D eigenvalue weighted by molar-refractivity contribution is 5.91. The number of carbonyl (C=O) groups is 2. The lowest BCUT2D eigenvalue weighted by Crippen LogP contribution is -2.34. The van der Waals surface area contributed by atoms with Crippen molar-refractivity contribution in [1.82, 2.24) is 10.6 Å². The van der Waals surface area contributed by atoms with Gasteiger partial charge in [-0.25, -0.2) is 0 Å². The Hall–Kier alpha value is -2.50. The average Bonchev–Trinajstić information content (AvgIpc) is 3.42. The molecule has 1 aromatic carbocycles. The lowest BCUT2D eigenvalue weighted by molar-refractivity contribution is -0.122. The third kappa shape index (κ3) is 6.49. The van der Waals surface area contributed by atoms with E-state index in [4.69, 9.17) is 9.47 Å². The predicted octanol–water partition coefficient (Wildman–Crippen LogP) is 2.14. The fraction of sp³-hybridized carbons (Fsp3) is 0.474. The molecule has 0 heterocycles. The van der Waals surface area contributed by atoms with Crippen LogP contribution in [0, 0.1) is 5.92 Å². The minimum atomic E-state index is -0.206. The Labute approximate surface area is 148 Å². The summed E-state index contributed by atoms with van der Waals surface area (Å²) in [4.78, 5) is 23.3. The molecule has 0 radical (unpaired) electrons. The predicted molar refractivity (Wildman–Crippen MR) is 96.5 cm³/mol. The third-order valence-electron chi connectivity index (χ3n) is 3.65. The van der Waals surface area contributed by atoms with Crippen molar-refractivity contribution in [2.24, 2.45) is 5.92 Å². The summed E-state index contributed by atoms with van der Waals surface area (Å²) in [5.74, 6) is 1.36. The van der Waals surface area contributed by atoms with E-state index in [1.807, 2.05) is 32.0 Å². The molecule has 6 nitrogen and oxygen atoms in total. The van der Waals surface area contributed by atoms with E-state index in [9.17, 15) is 9.59 Å². The summed E-state index contributed by atoms with van der Waals surface area (Å²) in [6.45, 7) is 4.76. The number of ether oxygens (including phenoxy) is 2. The van der Waals surface area contributed by atoms with Crippen molar-refractivity contribution in [2.45, 2.75) is 32.8 Å². The molecule has 1 aromatic rings. The van der Waals surface area contributed by atoms with Gasteiger partial charge in [-0.1, -0.05) is 6.07 Å². The number of hydrogen-bond donors (Lipinski definition) is 2. The van der Waals surface area contributed by atoms with Crippen LogP contribution in [0.25, 0.3) is 6.08 Å². The Bertz CT molecular complexity index is 636. The van der Waals surface area contributed by atoms with E-state index in [2.05, 4.69) is 10.6 Å². The van der Waals surface area contributed by atoms with Crippen LogP contribution in [0.1, 0.15) is 32.3 Å². The molecule has 2 rings (SSSR count). The largest absolute Gasteiger partial charge is 0.493 e. The maximum Gasteiger partial charge on any atom is 0.244 e. The van der Waals surface area contributed by atoms with E-state index >= 15 is 0 Å². The molecule has 0 aliphatic heterocycles. The van der Waals surface area contributed by atoms with Crippen LogP contribution in [-0.2, 0) is 9.59 Å². The van der Waals surface area contributed by atoms with Gasteiger partial charge in [0, 0.05) is 25.1 Å². The average molecular weight is 346 g/mol. The van der Waals surface area contributed by atoms with Crippen molar-refractivity contribution in [3.63, 3.8) is 0 Å². The van der Waals surface area contributed by atoms with Gasteiger partial charge in [0.1, 0.15) is 0 Å². The Kier molecular flexibility index (Phi) is 6.86. The molecular weight excluding hydrogens is 320 g/mol. The van der Waals surface area contributed by atoms with Gasteiger partial charge in [0.05, 0.1) is 13.2 Å². The van der Waals surface area contributed by atoms with Crippen molar-refractivity contribution in [3.05, 3.63) is 29.8 Å². The Balaban J connectivity index is 1.79. The first kappa shape index (κ1) is 18.8. The molecule has 1 aliphatic rings. The molecule has 2 amide bonds. The van der Waals surface area contributed by atoms with E-state index in [0.29, 0.717) is 24.6 Å². The Morgan fingerprint density at radius 2 is 1.92 bits per heavy atom. The molecule has 0 aromatic heterocycles. The summed E-state index contributed by atoms with van der Waals surface area (Å²) in [7, 11) is 1.58. The molecule has 0 atom stereocenters. The van der Waals surface area contributed by atoms with Gasteiger partial charge in [-0.2, -0.15) is 0 Å². The van der Waals surface area contributed by atoms with Gasteiger partial charge >= 0.3 is 0 Å². The SMILES string of the molecule is COc1cc(C=CC(=O)NCCNC(=O)C2CC2)ccc1OC(C)C. The van der Waals surface area contributed by atoms with Crippen molar-refractivity contribution in [3.8, 4) is 11.5 Å². The number of rotatable bonds is 9. The standard InChI is InChI=1S/C19H26N2O4/c1-13(2)25-16-8-4-14(12-17(16)24-3)5-9-18(22)20-10-11-21-19(23)15-6-7-15/h4-5,8-9,12-13,15H,6-7,10-11H2,1-3H3,(H,20,22)(H,21,23). The number of methoxy groups -OCH3 is 1. The fourth-order valence-electron chi connectivity index (χ4n) is 2.23. The van der Waals surface area contributed by atoms with Crippen LogP contribution in [0.15, 0.2) is 24.3 Å². The topological polar surface area (TPSA) is 76.7 Å². The van der Waals surface area contributed by atoms with Gasteiger partial charge in [-0.3, -0.25) is 9.59 Å². The van der Waals surface area contributed by atoms with E-state index < -0.39 is 0 Å². The minimum absolute atomic E-state index is 0.0569. The van der Waals surface area contributed by atoms with E-state index in [1.54, 1.807) is 13.2 Å². The van der Waals surface area contributed by atoms with Crippen LogP contribution >= 0.6 is 0 Å². The monoisotopic (exact) mass is 346 g/mol. The van der Waals surface area contributed by atoms with E-state index in [0.717, 1.165) is 18.4 Å². The van der Waals surface area contributed by atoms with Gasteiger partial charge in [0.25, 0.3) is 0 Å². The molecule has 2 N–H and O–H groups in total. The molecule has 0 unspecified atom stereocenters.